The summed E-state index contributed by atoms with van der Waals surface area (Å²) in [6, 6.07) is 17.8. The van der Waals surface area contributed by atoms with Crippen LogP contribution in [-0.2, 0) is 11.3 Å². The highest BCUT2D eigenvalue weighted by molar-refractivity contribution is 5.87. The summed E-state index contributed by atoms with van der Waals surface area (Å²) in [7, 11) is 1.81. The summed E-state index contributed by atoms with van der Waals surface area (Å²) in [4.78, 5) is 10.9. The lowest BCUT2D eigenvalue weighted by atomic mass is 9.76. The van der Waals surface area contributed by atoms with Gasteiger partial charge in [0.2, 0.25) is 0 Å². The molecular formula is C22H27NO3. The lowest BCUT2D eigenvalue weighted by molar-refractivity contribution is -0.0414. The smallest absolute Gasteiger partial charge is 0.335 e. The molecule has 1 aliphatic carbocycles. The van der Waals surface area contributed by atoms with E-state index in [0.717, 1.165) is 37.8 Å². The molecule has 1 saturated carbocycles. The SMILES string of the molecule is COC1(CNCc2ccc(C(=O)O)cc2)CCC(c2ccccc2)CC1. The molecule has 2 aromatic carbocycles. The number of benzene rings is 2. The molecule has 1 aliphatic rings. The third kappa shape index (κ3) is 4.51. The lowest BCUT2D eigenvalue weighted by Crippen LogP contribution is -2.44. The van der Waals surface area contributed by atoms with Crippen LogP contribution in [0.3, 0.4) is 0 Å². The van der Waals surface area contributed by atoms with Crippen LogP contribution in [0.5, 0.6) is 0 Å². The van der Waals surface area contributed by atoms with Crippen LogP contribution >= 0.6 is 0 Å². The molecule has 0 saturated heterocycles. The number of carboxylic acids is 1. The van der Waals surface area contributed by atoms with E-state index in [1.807, 2.05) is 19.2 Å². The molecule has 2 N–H and O–H groups in total. The molecule has 26 heavy (non-hydrogen) atoms. The van der Waals surface area contributed by atoms with Crippen LogP contribution in [0.15, 0.2) is 54.6 Å². The Bertz CT molecular complexity index is 704. The van der Waals surface area contributed by atoms with E-state index >= 15 is 0 Å². The van der Waals surface area contributed by atoms with Gasteiger partial charge >= 0.3 is 5.97 Å². The van der Waals surface area contributed by atoms with Gasteiger partial charge in [0.15, 0.2) is 0 Å². The van der Waals surface area contributed by atoms with Gasteiger partial charge in [-0.3, -0.25) is 0 Å². The van der Waals surface area contributed by atoms with E-state index in [9.17, 15) is 4.79 Å². The molecule has 0 heterocycles. The van der Waals surface area contributed by atoms with Crippen molar-refractivity contribution >= 4 is 5.97 Å². The largest absolute Gasteiger partial charge is 0.478 e. The van der Waals surface area contributed by atoms with E-state index in [1.165, 1.54) is 5.56 Å². The summed E-state index contributed by atoms with van der Waals surface area (Å²) >= 11 is 0. The van der Waals surface area contributed by atoms with E-state index in [1.54, 1.807) is 12.1 Å². The van der Waals surface area contributed by atoms with Gasteiger partial charge in [-0.05, 0) is 54.9 Å². The van der Waals surface area contributed by atoms with Crippen molar-refractivity contribution in [2.45, 2.75) is 43.7 Å². The molecule has 0 aliphatic heterocycles. The Morgan fingerprint density at radius 2 is 1.77 bits per heavy atom. The average molecular weight is 353 g/mol. The molecule has 0 aromatic heterocycles. The van der Waals surface area contributed by atoms with Gasteiger partial charge in [-0.2, -0.15) is 0 Å². The van der Waals surface area contributed by atoms with Gasteiger partial charge in [0.1, 0.15) is 0 Å². The fourth-order valence-corrected chi connectivity index (χ4v) is 3.86. The number of nitrogens with one attached hydrogen (secondary N) is 1. The summed E-state index contributed by atoms with van der Waals surface area (Å²) in [5, 5.41) is 12.5. The fraction of sp³-hybridized carbons (Fsp3) is 0.409. The van der Waals surface area contributed by atoms with Crippen molar-refractivity contribution in [3.63, 3.8) is 0 Å². The molecule has 0 amide bonds. The van der Waals surface area contributed by atoms with Gasteiger partial charge < -0.3 is 15.2 Å². The molecule has 0 unspecified atom stereocenters. The molecule has 0 radical (unpaired) electrons. The Labute approximate surface area is 155 Å². The highest BCUT2D eigenvalue weighted by Crippen LogP contribution is 2.39. The Kier molecular flexibility index (Phi) is 6.07. The maximum Gasteiger partial charge on any atom is 0.335 e. The summed E-state index contributed by atoms with van der Waals surface area (Å²) in [6.07, 6.45) is 4.39. The predicted octanol–water partition coefficient (Wildman–Crippen LogP) is 4.22. The standard InChI is InChI=1S/C22H27NO3/c1-26-22(13-11-19(12-14-22)18-5-3-2-4-6-18)16-23-15-17-7-9-20(10-8-17)21(24)25/h2-10,19,23H,11-16H2,1H3,(H,24,25). The molecule has 4 heteroatoms. The first-order valence-electron chi connectivity index (χ1n) is 9.25. The number of carboxylic acid groups (broad SMARTS) is 1. The van der Waals surface area contributed by atoms with E-state index in [4.69, 9.17) is 9.84 Å². The lowest BCUT2D eigenvalue weighted by Gasteiger charge is -2.39. The monoisotopic (exact) mass is 353 g/mol. The number of carbonyl (C=O) groups is 1. The third-order valence-electron chi connectivity index (χ3n) is 5.58. The Morgan fingerprint density at radius 1 is 1.12 bits per heavy atom. The maximum absolute atomic E-state index is 10.9. The van der Waals surface area contributed by atoms with Crippen molar-refractivity contribution in [1.82, 2.24) is 5.32 Å². The van der Waals surface area contributed by atoms with Crippen LogP contribution in [0.1, 0.15) is 53.1 Å². The van der Waals surface area contributed by atoms with E-state index in [2.05, 4.69) is 35.6 Å². The van der Waals surface area contributed by atoms with Crippen molar-refractivity contribution in [2.24, 2.45) is 0 Å². The summed E-state index contributed by atoms with van der Waals surface area (Å²) < 4.78 is 5.91. The van der Waals surface area contributed by atoms with Crippen molar-refractivity contribution in [2.75, 3.05) is 13.7 Å². The van der Waals surface area contributed by atoms with E-state index < -0.39 is 5.97 Å². The Hall–Kier alpha value is -2.17. The summed E-state index contributed by atoms with van der Waals surface area (Å²) in [5.41, 5.74) is 2.73. The number of methoxy groups -OCH3 is 1. The van der Waals surface area contributed by atoms with Crippen LogP contribution < -0.4 is 5.32 Å². The van der Waals surface area contributed by atoms with Gasteiger partial charge in [-0.1, -0.05) is 42.5 Å². The number of aromatic carboxylic acids is 1. The quantitative estimate of drug-likeness (QED) is 0.782. The van der Waals surface area contributed by atoms with Crippen molar-refractivity contribution < 1.29 is 14.6 Å². The topological polar surface area (TPSA) is 58.6 Å². The zero-order valence-corrected chi connectivity index (χ0v) is 15.3. The van der Waals surface area contributed by atoms with Crippen LogP contribution in [0.4, 0.5) is 0 Å². The second kappa shape index (κ2) is 8.47. The van der Waals surface area contributed by atoms with Crippen LogP contribution in [0.2, 0.25) is 0 Å². The molecule has 0 atom stereocenters. The van der Waals surface area contributed by atoms with Crippen molar-refractivity contribution in [3.8, 4) is 0 Å². The van der Waals surface area contributed by atoms with Gasteiger partial charge in [-0.25, -0.2) is 4.79 Å². The van der Waals surface area contributed by atoms with Gasteiger partial charge in [-0.15, -0.1) is 0 Å². The first-order valence-corrected chi connectivity index (χ1v) is 9.25. The first-order chi connectivity index (χ1) is 12.6. The molecule has 3 rings (SSSR count). The number of hydrogen-bond donors (Lipinski definition) is 2. The Morgan fingerprint density at radius 3 is 2.35 bits per heavy atom. The second-order valence-electron chi connectivity index (χ2n) is 7.18. The molecule has 4 nitrogen and oxygen atoms in total. The van der Waals surface area contributed by atoms with Crippen LogP contribution in [-0.4, -0.2) is 30.3 Å². The normalized spacial score (nSPS) is 22.9. The van der Waals surface area contributed by atoms with E-state index in [0.29, 0.717) is 18.0 Å². The molecule has 1 fully saturated rings. The molecule has 2 aromatic rings. The summed E-state index contributed by atoms with van der Waals surface area (Å²) in [5.74, 6) is -0.263. The van der Waals surface area contributed by atoms with Crippen molar-refractivity contribution in [1.29, 1.82) is 0 Å². The zero-order chi connectivity index (χ0) is 18.4. The van der Waals surface area contributed by atoms with Gasteiger partial charge in [0, 0.05) is 20.2 Å². The van der Waals surface area contributed by atoms with E-state index in [-0.39, 0.29) is 5.60 Å². The maximum atomic E-state index is 10.9. The van der Waals surface area contributed by atoms with Gasteiger partial charge in [0.25, 0.3) is 0 Å². The Balaban J connectivity index is 1.51. The first kappa shape index (κ1) is 18.6. The number of rotatable bonds is 7. The molecular weight excluding hydrogens is 326 g/mol. The fourth-order valence-electron chi connectivity index (χ4n) is 3.86. The van der Waals surface area contributed by atoms with Crippen molar-refractivity contribution in [3.05, 3.63) is 71.3 Å². The minimum absolute atomic E-state index is 0.105. The minimum atomic E-state index is -0.891. The molecule has 138 valence electrons. The third-order valence-corrected chi connectivity index (χ3v) is 5.58. The second-order valence-corrected chi connectivity index (χ2v) is 7.18. The summed E-state index contributed by atoms with van der Waals surface area (Å²) in [6.45, 7) is 1.53. The molecule has 0 spiro atoms. The molecule has 0 bridgehead atoms. The van der Waals surface area contributed by atoms with Gasteiger partial charge in [0.05, 0.1) is 11.2 Å². The van der Waals surface area contributed by atoms with Crippen LogP contribution in [0, 0.1) is 0 Å². The average Bonchev–Trinajstić information content (AvgIpc) is 2.69. The zero-order valence-electron chi connectivity index (χ0n) is 15.3. The highest BCUT2D eigenvalue weighted by atomic mass is 16.5. The predicted molar refractivity (Wildman–Crippen MR) is 102 cm³/mol. The minimum Gasteiger partial charge on any atom is -0.478 e. The number of ether oxygens (including phenoxy) is 1. The number of hydrogen-bond acceptors (Lipinski definition) is 3. The van der Waals surface area contributed by atoms with Crippen LogP contribution in [0.25, 0.3) is 0 Å². The highest BCUT2D eigenvalue weighted by Gasteiger charge is 2.35.